The van der Waals surface area contributed by atoms with Crippen molar-refractivity contribution in [2.24, 2.45) is 0 Å². The minimum atomic E-state index is -0.593. The number of unbranched alkanes of at least 4 members (excludes halogenated alkanes) is 1. The lowest BCUT2D eigenvalue weighted by Crippen LogP contribution is -2.13. The molecule has 0 bridgehead atoms. The molecule has 0 saturated heterocycles. The summed E-state index contributed by atoms with van der Waals surface area (Å²) in [6.45, 7) is 12.2. The van der Waals surface area contributed by atoms with Crippen molar-refractivity contribution in [3.63, 3.8) is 0 Å². The minimum absolute atomic E-state index is 0.00288. The van der Waals surface area contributed by atoms with Crippen LogP contribution in [0.15, 0.2) is 81.8 Å². The maximum Gasteiger partial charge on any atom is 0.313 e. The summed E-state index contributed by atoms with van der Waals surface area (Å²) in [6.07, 6.45) is 1.61. The Labute approximate surface area is 358 Å². The first-order valence-corrected chi connectivity index (χ1v) is 20.4. The molecule has 0 saturated carbocycles. The number of ether oxygens (including phenoxy) is 5. The zero-order valence-electron chi connectivity index (χ0n) is 34.3. The third-order valence-electron chi connectivity index (χ3n) is 8.88. The van der Waals surface area contributed by atoms with Gasteiger partial charge in [-0.25, -0.2) is 0 Å². The third kappa shape index (κ3) is 11.9. The third-order valence-corrected chi connectivity index (χ3v) is 9.47. The Kier molecular flexibility index (Phi) is 14.8. The van der Waals surface area contributed by atoms with Crippen LogP contribution in [-0.4, -0.2) is 57.6 Å². The predicted octanol–water partition coefficient (Wildman–Crippen LogP) is 11.1. The van der Waals surface area contributed by atoms with E-state index in [0.29, 0.717) is 93.5 Å². The molecule has 2 heterocycles. The van der Waals surface area contributed by atoms with Gasteiger partial charge in [0.1, 0.15) is 23.0 Å². The van der Waals surface area contributed by atoms with Gasteiger partial charge < -0.3 is 32.7 Å². The zero-order valence-corrected chi connectivity index (χ0v) is 35.8. The highest BCUT2D eigenvalue weighted by Gasteiger charge is 2.18. The summed E-state index contributed by atoms with van der Waals surface area (Å²) in [5.74, 6) is 2.82. The molecule has 0 N–H and O–H groups in total. The molecule has 60 heavy (non-hydrogen) atoms. The van der Waals surface area contributed by atoms with Gasteiger partial charge in [-0.2, -0.15) is 9.97 Å². The fourth-order valence-corrected chi connectivity index (χ4v) is 6.47. The smallest absolute Gasteiger partial charge is 0.313 e. The highest BCUT2D eigenvalue weighted by atomic mass is 35.5. The van der Waals surface area contributed by atoms with E-state index in [2.05, 4.69) is 20.3 Å². The SMILES string of the molecule is Cc1cc(OCCCCC(=O)OC(=O)CCCOc2ccc(-c3noc(-c4ccc(OC(C)C)c(Cl)c4)n3)c(C)c2)ccc1-c1noc(-c2ccc(OC(C)C)c(Cl)c2)n1. The maximum atomic E-state index is 12.3. The highest BCUT2D eigenvalue weighted by molar-refractivity contribution is 6.32. The van der Waals surface area contributed by atoms with Crippen molar-refractivity contribution >= 4 is 35.1 Å². The van der Waals surface area contributed by atoms with E-state index < -0.39 is 11.9 Å². The molecular weight excluding hydrogens is 811 g/mol. The predicted molar refractivity (Wildman–Crippen MR) is 227 cm³/mol. The first-order chi connectivity index (χ1) is 28.8. The summed E-state index contributed by atoms with van der Waals surface area (Å²) < 4.78 is 39.2. The molecule has 4 aromatic carbocycles. The van der Waals surface area contributed by atoms with Gasteiger partial charge in [0.05, 0.1) is 35.5 Å². The molecule has 0 fully saturated rings. The van der Waals surface area contributed by atoms with Gasteiger partial charge in [0.25, 0.3) is 11.8 Å². The number of nitrogens with zero attached hydrogens (tertiary/aromatic N) is 4. The lowest BCUT2D eigenvalue weighted by atomic mass is 10.1. The molecule has 0 radical (unpaired) electrons. The Morgan fingerprint density at radius 2 is 1.05 bits per heavy atom. The number of aryl methyl sites for hydroxylation is 2. The first kappa shape index (κ1) is 43.7. The molecule has 0 atom stereocenters. The fraction of sp³-hybridized carbons (Fsp3) is 0.333. The normalized spacial score (nSPS) is 11.2. The second-order valence-electron chi connectivity index (χ2n) is 14.5. The van der Waals surface area contributed by atoms with Crippen LogP contribution >= 0.6 is 23.2 Å². The quantitative estimate of drug-likeness (QED) is 0.0431. The molecular formula is C45H46Cl2N4O9. The molecule has 0 aliphatic heterocycles. The number of rotatable bonds is 19. The van der Waals surface area contributed by atoms with E-state index in [1.165, 1.54) is 0 Å². The van der Waals surface area contributed by atoms with Crippen LogP contribution in [0.4, 0.5) is 0 Å². The van der Waals surface area contributed by atoms with Crippen molar-refractivity contribution < 1.29 is 42.3 Å². The number of esters is 2. The average molecular weight is 858 g/mol. The number of carbonyl (C=O) groups excluding carboxylic acids is 2. The molecule has 0 amide bonds. The van der Waals surface area contributed by atoms with Crippen molar-refractivity contribution in [1.82, 2.24) is 20.3 Å². The first-order valence-electron chi connectivity index (χ1n) is 19.6. The molecule has 314 valence electrons. The molecule has 0 spiro atoms. The Morgan fingerprint density at radius 1 is 0.600 bits per heavy atom. The Hall–Kier alpha value is -5.92. The van der Waals surface area contributed by atoms with Crippen LogP contribution in [0.2, 0.25) is 10.0 Å². The van der Waals surface area contributed by atoms with E-state index in [9.17, 15) is 9.59 Å². The van der Waals surface area contributed by atoms with Gasteiger partial charge in [0.15, 0.2) is 0 Å². The monoisotopic (exact) mass is 856 g/mol. The average Bonchev–Trinajstić information content (AvgIpc) is 3.89. The molecule has 13 nitrogen and oxygen atoms in total. The molecule has 2 aromatic heterocycles. The lowest BCUT2D eigenvalue weighted by molar-refractivity contribution is -0.159. The summed E-state index contributed by atoms with van der Waals surface area (Å²) in [5, 5.41) is 9.21. The van der Waals surface area contributed by atoms with Crippen LogP contribution in [0.1, 0.15) is 70.9 Å². The van der Waals surface area contributed by atoms with E-state index in [4.69, 9.17) is 55.9 Å². The number of aromatic nitrogens is 4. The van der Waals surface area contributed by atoms with Crippen molar-refractivity contribution in [3.05, 3.63) is 94.0 Å². The number of carbonyl (C=O) groups is 2. The standard InChI is InChI=1S/C45H46Cl2N4O9/c1-26(2)56-38-18-12-30(24-36(38)46)44-48-42(50-59-44)34-16-14-32(22-28(34)5)54-20-8-7-10-40(52)58-41(53)11-9-21-55-33-15-17-35(29(6)23-33)43-49-45(60-51-43)31-13-19-39(37(47)25-31)57-27(3)4/h12-19,22-27H,7-11,20-21H2,1-6H3. The molecule has 6 aromatic rings. The van der Waals surface area contributed by atoms with Crippen molar-refractivity contribution in [2.75, 3.05) is 13.2 Å². The lowest BCUT2D eigenvalue weighted by Gasteiger charge is -2.11. The van der Waals surface area contributed by atoms with Gasteiger partial charge in [-0.05, 0) is 145 Å². The fourth-order valence-electron chi connectivity index (χ4n) is 6.02. The maximum absolute atomic E-state index is 12.3. The second kappa shape index (κ2) is 20.4. The minimum Gasteiger partial charge on any atom is -0.494 e. The van der Waals surface area contributed by atoms with Crippen LogP contribution in [-0.2, 0) is 14.3 Å². The molecule has 0 aliphatic carbocycles. The van der Waals surface area contributed by atoms with E-state index >= 15 is 0 Å². The van der Waals surface area contributed by atoms with Gasteiger partial charge in [-0.3, -0.25) is 9.59 Å². The van der Waals surface area contributed by atoms with Crippen molar-refractivity contribution in [1.29, 1.82) is 0 Å². The van der Waals surface area contributed by atoms with Crippen molar-refractivity contribution in [2.45, 2.75) is 85.9 Å². The number of benzene rings is 4. The number of hydrogen-bond acceptors (Lipinski definition) is 13. The Morgan fingerprint density at radius 3 is 1.48 bits per heavy atom. The molecule has 0 unspecified atom stereocenters. The summed E-state index contributed by atoms with van der Waals surface area (Å²) in [5.41, 5.74) is 4.71. The van der Waals surface area contributed by atoms with E-state index in [-0.39, 0.29) is 31.7 Å². The molecule has 6 rings (SSSR count). The second-order valence-corrected chi connectivity index (χ2v) is 15.3. The van der Waals surface area contributed by atoms with Crippen LogP contribution in [0, 0.1) is 13.8 Å². The van der Waals surface area contributed by atoms with Crippen LogP contribution in [0.25, 0.3) is 45.7 Å². The van der Waals surface area contributed by atoms with Gasteiger partial charge in [-0.1, -0.05) is 33.5 Å². The summed E-state index contributed by atoms with van der Waals surface area (Å²) in [6, 6.07) is 21.7. The van der Waals surface area contributed by atoms with Gasteiger partial charge >= 0.3 is 11.9 Å². The summed E-state index contributed by atoms with van der Waals surface area (Å²) >= 11 is 12.8. The van der Waals surface area contributed by atoms with E-state index in [0.717, 1.165) is 22.3 Å². The Bertz CT molecular complexity index is 2430. The number of hydrogen-bond donors (Lipinski definition) is 0. The number of halogens is 2. The highest BCUT2D eigenvalue weighted by Crippen LogP contribution is 2.34. The van der Waals surface area contributed by atoms with Crippen LogP contribution in [0.5, 0.6) is 23.0 Å². The molecule has 15 heteroatoms. The largest absolute Gasteiger partial charge is 0.494 e. The van der Waals surface area contributed by atoms with Crippen LogP contribution < -0.4 is 18.9 Å². The van der Waals surface area contributed by atoms with Crippen molar-refractivity contribution in [3.8, 4) is 68.7 Å². The topological polar surface area (TPSA) is 158 Å². The van der Waals surface area contributed by atoms with Gasteiger partial charge in [0, 0.05) is 35.1 Å². The summed E-state index contributed by atoms with van der Waals surface area (Å²) in [4.78, 5) is 33.7. The summed E-state index contributed by atoms with van der Waals surface area (Å²) in [7, 11) is 0. The zero-order chi connectivity index (χ0) is 42.8. The van der Waals surface area contributed by atoms with Gasteiger partial charge in [-0.15, -0.1) is 0 Å². The van der Waals surface area contributed by atoms with E-state index in [1.807, 2.05) is 84.0 Å². The van der Waals surface area contributed by atoms with Crippen LogP contribution in [0.3, 0.4) is 0 Å². The molecule has 0 aliphatic rings. The van der Waals surface area contributed by atoms with Gasteiger partial charge in [0.2, 0.25) is 11.6 Å². The Balaban J connectivity index is 0.865. The van der Waals surface area contributed by atoms with E-state index in [1.54, 1.807) is 30.3 Å².